The van der Waals surface area contributed by atoms with Gasteiger partial charge in [-0.05, 0) is 25.0 Å². The average molecular weight is 323 g/mol. The summed E-state index contributed by atoms with van der Waals surface area (Å²) in [6.07, 6.45) is 1.06. The number of carbonyl (C=O) groups excluding carboxylic acids is 1. The van der Waals surface area contributed by atoms with Gasteiger partial charge in [0, 0.05) is 30.8 Å². The van der Waals surface area contributed by atoms with Gasteiger partial charge in [-0.3, -0.25) is 9.59 Å². The number of likely N-dealkylation sites (tertiary alicyclic amines) is 1. The van der Waals surface area contributed by atoms with E-state index in [2.05, 4.69) is 0 Å². The lowest BCUT2D eigenvalue weighted by atomic mass is 9.96. The van der Waals surface area contributed by atoms with Crippen LogP contribution in [0.1, 0.15) is 23.2 Å². The molecule has 1 fully saturated rings. The van der Waals surface area contributed by atoms with Gasteiger partial charge in [-0.1, -0.05) is 12.1 Å². The first-order valence-electron chi connectivity index (χ1n) is 7.36. The minimum absolute atomic E-state index is 0.00986. The van der Waals surface area contributed by atoms with Crippen molar-refractivity contribution in [2.75, 3.05) is 32.6 Å². The predicted molar refractivity (Wildman–Crippen MR) is 85.3 cm³/mol. The minimum atomic E-state index is -0.761. The summed E-state index contributed by atoms with van der Waals surface area (Å²) in [7, 11) is 1.66. The normalized spacial score (nSPS) is 15.8. The number of amides is 1. The van der Waals surface area contributed by atoms with Crippen LogP contribution in [0.25, 0.3) is 0 Å². The molecule has 0 aromatic heterocycles. The second kappa shape index (κ2) is 8.19. The van der Waals surface area contributed by atoms with Crippen LogP contribution in [0.5, 0.6) is 0 Å². The summed E-state index contributed by atoms with van der Waals surface area (Å²) in [5.41, 5.74) is 0.692. The number of benzene rings is 1. The van der Waals surface area contributed by atoms with E-state index >= 15 is 0 Å². The van der Waals surface area contributed by atoms with E-state index < -0.39 is 5.97 Å². The van der Waals surface area contributed by atoms with E-state index in [1.165, 1.54) is 0 Å². The lowest BCUT2D eigenvalue weighted by Crippen LogP contribution is -2.40. The lowest BCUT2D eigenvalue weighted by Gasteiger charge is -2.30. The summed E-state index contributed by atoms with van der Waals surface area (Å²) in [6.45, 7) is 1.65. The topological polar surface area (TPSA) is 66.8 Å². The van der Waals surface area contributed by atoms with Gasteiger partial charge in [-0.2, -0.15) is 0 Å². The summed E-state index contributed by atoms with van der Waals surface area (Å²) in [6, 6.07) is 7.55. The molecule has 0 aliphatic carbocycles. The third kappa shape index (κ3) is 4.24. The number of carbonyl (C=O) groups is 2. The largest absolute Gasteiger partial charge is 0.481 e. The molecule has 1 aliphatic heterocycles. The van der Waals surface area contributed by atoms with Crippen LogP contribution in [0.15, 0.2) is 29.2 Å². The van der Waals surface area contributed by atoms with Gasteiger partial charge < -0.3 is 14.7 Å². The predicted octanol–water partition coefficient (Wildman–Crippen LogP) is 2.36. The number of thioether (sulfide) groups is 1. The molecule has 1 aromatic carbocycles. The van der Waals surface area contributed by atoms with Gasteiger partial charge in [0.1, 0.15) is 0 Å². The van der Waals surface area contributed by atoms with Crippen LogP contribution in [0, 0.1) is 5.92 Å². The molecule has 0 atom stereocenters. The first-order chi connectivity index (χ1) is 10.6. The van der Waals surface area contributed by atoms with Crippen LogP contribution < -0.4 is 0 Å². The van der Waals surface area contributed by atoms with Crippen molar-refractivity contribution in [1.82, 2.24) is 4.90 Å². The van der Waals surface area contributed by atoms with Crippen molar-refractivity contribution in [2.45, 2.75) is 17.7 Å². The van der Waals surface area contributed by atoms with E-state index in [0.29, 0.717) is 38.1 Å². The molecule has 0 spiro atoms. The fraction of sp³-hybridized carbons (Fsp3) is 0.500. The molecular formula is C16H21NO4S. The zero-order valence-electron chi connectivity index (χ0n) is 12.7. The van der Waals surface area contributed by atoms with E-state index in [1.807, 2.05) is 24.3 Å². The number of piperidine rings is 1. The number of aliphatic carboxylic acids is 1. The van der Waals surface area contributed by atoms with Crippen LogP contribution >= 0.6 is 11.8 Å². The Morgan fingerprint density at radius 3 is 2.64 bits per heavy atom. The molecule has 1 aliphatic rings. The number of hydrogen-bond donors (Lipinski definition) is 1. The number of hydrogen-bond acceptors (Lipinski definition) is 4. The van der Waals surface area contributed by atoms with E-state index in [1.54, 1.807) is 23.8 Å². The van der Waals surface area contributed by atoms with Gasteiger partial charge in [0.25, 0.3) is 5.91 Å². The zero-order valence-corrected chi connectivity index (χ0v) is 13.5. The Morgan fingerprint density at radius 2 is 2.00 bits per heavy atom. The lowest BCUT2D eigenvalue weighted by molar-refractivity contribution is -0.143. The Kier molecular flexibility index (Phi) is 6.27. The number of carboxylic acid groups (broad SMARTS) is 1. The molecule has 1 aromatic rings. The summed E-state index contributed by atoms with van der Waals surface area (Å²) in [4.78, 5) is 26.4. The Hall–Kier alpha value is -1.53. The molecule has 0 bridgehead atoms. The van der Waals surface area contributed by atoms with Crippen LogP contribution in [-0.4, -0.2) is 54.4 Å². The van der Waals surface area contributed by atoms with Crippen molar-refractivity contribution in [3.05, 3.63) is 29.8 Å². The maximum Gasteiger partial charge on any atom is 0.306 e. The highest BCUT2D eigenvalue weighted by molar-refractivity contribution is 7.99. The van der Waals surface area contributed by atoms with E-state index in [4.69, 9.17) is 9.84 Å². The highest BCUT2D eigenvalue weighted by Gasteiger charge is 2.28. The molecule has 0 radical (unpaired) electrons. The fourth-order valence-electron chi connectivity index (χ4n) is 2.50. The monoisotopic (exact) mass is 323 g/mol. The quantitative estimate of drug-likeness (QED) is 0.643. The van der Waals surface area contributed by atoms with Crippen molar-refractivity contribution in [3.8, 4) is 0 Å². The Bertz CT molecular complexity index is 527. The average Bonchev–Trinajstić information content (AvgIpc) is 2.55. The molecular weight excluding hydrogens is 302 g/mol. The molecule has 2 rings (SSSR count). The summed E-state index contributed by atoms with van der Waals surface area (Å²) in [5.74, 6) is -0.302. The molecule has 0 unspecified atom stereocenters. The van der Waals surface area contributed by atoms with Gasteiger partial charge in [-0.15, -0.1) is 11.8 Å². The van der Waals surface area contributed by atoms with Gasteiger partial charge in [0.05, 0.1) is 18.1 Å². The SMILES string of the molecule is COCCSc1ccccc1C(=O)N1CCC(C(=O)O)CC1. The number of methoxy groups -OCH3 is 1. The molecule has 1 N–H and O–H groups in total. The van der Waals surface area contributed by atoms with Crippen molar-refractivity contribution in [2.24, 2.45) is 5.92 Å². The number of nitrogens with zero attached hydrogens (tertiary/aromatic N) is 1. The van der Waals surface area contributed by atoms with Crippen molar-refractivity contribution >= 4 is 23.6 Å². The molecule has 120 valence electrons. The van der Waals surface area contributed by atoms with Crippen LogP contribution in [0.4, 0.5) is 0 Å². The van der Waals surface area contributed by atoms with Gasteiger partial charge in [-0.25, -0.2) is 0 Å². The molecule has 1 amide bonds. The molecule has 1 saturated heterocycles. The highest BCUT2D eigenvalue weighted by Crippen LogP contribution is 2.26. The molecule has 22 heavy (non-hydrogen) atoms. The van der Waals surface area contributed by atoms with E-state index in [9.17, 15) is 9.59 Å². The zero-order chi connectivity index (χ0) is 15.9. The van der Waals surface area contributed by atoms with E-state index in [0.717, 1.165) is 10.6 Å². The smallest absolute Gasteiger partial charge is 0.306 e. The van der Waals surface area contributed by atoms with Crippen molar-refractivity contribution < 1.29 is 19.4 Å². The fourth-order valence-corrected chi connectivity index (χ4v) is 3.46. The maximum atomic E-state index is 12.7. The van der Waals surface area contributed by atoms with Crippen molar-refractivity contribution in [3.63, 3.8) is 0 Å². The highest BCUT2D eigenvalue weighted by atomic mass is 32.2. The maximum absolute atomic E-state index is 12.7. The van der Waals surface area contributed by atoms with Gasteiger partial charge in [0.15, 0.2) is 0 Å². The van der Waals surface area contributed by atoms with Crippen LogP contribution in [0.2, 0.25) is 0 Å². The van der Waals surface area contributed by atoms with E-state index in [-0.39, 0.29) is 11.8 Å². The third-order valence-corrected chi connectivity index (χ3v) is 4.83. The number of carboxylic acids is 1. The van der Waals surface area contributed by atoms with Crippen LogP contribution in [-0.2, 0) is 9.53 Å². The summed E-state index contributed by atoms with van der Waals surface area (Å²) < 4.78 is 5.04. The molecule has 5 nitrogen and oxygen atoms in total. The first-order valence-corrected chi connectivity index (χ1v) is 8.35. The Morgan fingerprint density at radius 1 is 1.32 bits per heavy atom. The van der Waals surface area contributed by atoms with Gasteiger partial charge in [0.2, 0.25) is 0 Å². The molecule has 1 heterocycles. The summed E-state index contributed by atoms with van der Waals surface area (Å²) >= 11 is 1.60. The summed E-state index contributed by atoms with van der Waals surface area (Å²) in [5, 5.41) is 9.03. The van der Waals surface area contributed by atoms with Crippen molar-refractivity contribution in [1.29, 1.82) is 0 Å². The Labute approximate surface area is 134 Å². The second-order valence-corrected chi connectivity index (χ2v) is 6.38. The Balaban J connectivity index is 2.02. The third-order valence-electron chi connectivity index (χ3n) is 3.79. The standard InChI is InChI=1S/C16H21NO4S/c1-21-10-11-22-14-5-3-2-4-13(14)15(18)17-8-6-12(7-9-17)16(19)20/h2-5,12H,6-11H2,1H3,(H,19,20). The number of rotatable bonds is 6. The molecule has 6 heteroatoms. The van der Waals surface area contributed by atoms with Crippen LogP contribution in [0.3, 0.4) is 0 Å². The first kappa shape index (κ1) is 16.8. The number of ether oxygens (including phenoxy) is 1. The minimum Gasteiger partial charge on any atom is -0.481 e. The second-order valence-electron chi connectivity index (χ2n) is 5.24. The molecule has 0 saturated carbocycles. The van der Waals surface area contributed by atoms with Gasteiger partial charge >= 0.3 is 5.97 Å².